The molecule has 1 aromatic rings. The first-order chi connectivity index (χ1) is 8.19. The molecule has 1 unspecified atom stereocenters. The smallest absolute Gasteiger partial charge is 0.140 e. The standard InChI is InChI=1S/C13H15BrO3/c1-16-11-7-6-9(13(17-2)12(11)14)8-4-3-5-10(8)15/h6-8H,3-5H2,1-2H3. The van der Waals surface area contributed by atoms with Crippen molar-refractivity contribution in [3.05, 3.63) is 22.2 Å². The van der Waals surface area contributed by atoms with Gasteiger partial charge in [0.25, 0.3) is 0 Å². The zero-order valence-electron chi connectivity index (χ0n) is 9.96. The number of ether oxygens (including phenoxy) is 2. The number of halogens is 1. The summed E-state index contributed by atoms with van der Waals surface area (Å²) in [6.45, 7) is 0. The van der Waals surface area contributed by atoms with Gasteiger partial charge < -0.3 is 9.47 Å². The third kappa shape index (κ3) is 2.18. The van der Waals surface area contributed by atoms with Crippen molar-refractivity contribution in [1.29, 1.82) is 0 Å². The molecule has 0 radical (unpaired) electrons. The monoisotopic (exact) mass is 298 g/mol. The van der Waals surface area contributed by atoms with Gasteiger partial charge in [0.1, 0.15) is 21.8 Å². The fourth-order valence-electron chi connectivity index (χ4n) is 2.34. The maximum absolute atomic E-state index is 11.8. The van der Waals surface area contributed by atoms with E-state index in [-0.39, 0.29) is 5.92 Å². The van der Waals surface area contributed by atoms with Crippen molar-refractivity contribution in [3.63, 3.8) is 0 Å². The highest BCUT2D eigenvalue weighted by Crippen LogP contribution is 2.43. The van der Waals surface area contributed by atoms with E-state index in [4.69, 9.17) is 9.47 Å². The maximum atomic E-state index is 11.8. The molecule has 1 saturated carbocycles. The van der Waals surface area contributed by atoms with Gasteiger partial charge in [-0.25, -0.2) is 0 Å². The molecule has 0 N–H and O–H groups in total. The van der Waals surface area contributed by atoms with E-state index in [0.29, 0.717) is 18.0 Å². The summed E-state index contributed by atoms with van der Waals surface area (Å²) < 4.78 is 11.4. The van der Waals surface area contributed by atoms with Crippen LogP contribution in [-0.4, -0.2) is 20.0 Å². The molecule has 92 valence electrons. The van der Waals surface area contributed by atoms with E-state index in [9.17, 15) is 4.79 Å². The predicted molar refractivity (Wildman–Crippen MR) is 68.8 cm³/mol. The average Bonchev–Trinajstić information content (AvgIpc) is 2.75. The summed E-state index contributed by atoms with van der Waals surface area (Å²) in [5, 5.41) is 0. The van der Waals surface area contributed by atoms with Crippen LogP contribution in [0.2, 0.25) is 0 Å². The molecule has 0 aromatic heterocycles. The molecule has 1 atom stereocenters. The molecule has 1 aromatic carbocycles. The van der Waals surface area contributed by atoms with Gasteiger partial charge in [-0.05, 0) is 34.8 Å². The van der Waals surface area contributed by atoms with E-state index in [1.807, 2.05) is 12.1 Å². The second kappa shape index (κ2) is 5.08. The minimum Gasteiger partial charge on any atom is -0.495 e. The second-order valence-electron chi connectivity index (χ2n) is 4.12. The average molecular weight is 299 g/mol. The van der Waals surface area contributed by atoms with Crippen LogP contribution in [0.5, 0.6) is 11.5 Å². The summed E-state index contributed by atoms with van der Waals surface area (Å²) in [6, 6.07) is 3.80. The number of Topliss-reactive ketones (excluding diaryl/α,β-unsaturated/α-hetero) is 1. The number of hydrogen-bond donors (Lipinski definition) is 0. The minimum absolute atomic E-state index is 0.0212. The number of rotatable bonds is 3. The zero-order chi connectivity index (χ0) is 12.4. The molecule has 2 rings (SSSR count). The van der Waals surface area contributed by atoms with Crippen molar-refractivity contribution in [1.82, 2.24) is 0 Å². The van der Waals surface area contributed by atoms with Crippen molar-refractivity contribution in [2.24, 2.45) is 0 Å². The molecule has 0 saturated heterocycles. The van der Waals surface area contributed by atoms with Crippen LogP contribution in [0.4, 0.5) is 0 Å². The van der Waals surface area contributed by atoms with E-state index < -0.39 is 0 Å². The van der Waals surface area contributed by atoms with E-state index in [2.05, 4.69) is 15.9 Å². The van der Waals surface area contributed by atoms with Crippen LogP contribution in [0.15, 0.2) is 16.6 Å². The van der Waals surface area contributed by atoms with Crippen molar-refractivity contribution in [3.8, 4) is 11.5 Å². The van der Waals surface area contributed by atoms with Crippen LogP contribution >= 0.6 is 15.9 Å². The Kier molecular flexibility index (Phi) is 3.72. The van der Waals surface area contributed by atoms with Gasteiger partial charge in [0.2, 0.25) is 0 Å². The molecular weight excluding hydrogens is 284 g/mol. The molecule has 0 spiro atoms. The highest BCUT2D eigenvalue weighted by atomic mass is 79.9. The van der Waals surface area contributed by atoms with Crippen LogP contribution in [0.25, 0.3) is 0 Å². The number of ketones is 1. The minimum atomic E-state index is -0.0212. The molecule has 1 aliphatic rings. The van der Waals surface area contributed by atoms with Gasteiger partial charge in [0, 0.05) is 17.9 Å². The largest absolute Gasteiger partial charge is 0.495 e. The van der Waals surface area contributed by atoms with Gasteiger partial charge >= 0.3 is 0 Å². The van der Waals surface area contributed by atoms with E-state index >= 15 is 0 Å². The molecule has 17 heavy (non-hydrogen) atoms. The molecular formula is C13H15BrO3. The lowest BCUT2D eigenvalue weighted by Crippen LogP contribution is -2.07. The molecule has 0 aliphatic heterocycles. The van der Waals surface area contributed by atoms with Crippen LogP contribution in [0, 0.1) is 0 Å². The SMILES string of the molecule is COc1ccc(C2CCCC2=O)c(OC)c1Br. The molecule has 4 heteroatoms. The molecule has 1 aliphatic carbocycles. The third-order valence-electron chi connectivity index (χ3n) is 3.20. The maximum Gasteiger partial charge on any atom is 0.140 e. The van der Waals surface area contributed by atoms with Crippen LogP contribution in [0.1, 0.15) is 30.7 Å². The summed E-state index contributed by atoms with van der Waals surface area (Å²) in [5.41, 5.74) is 0.961. The first-order valence-corrected chi connectivity index (χ1v) is 6.41. The van der Waals surface area contributed by atoms with Crippen molar-refractivity contribution >= 4 is 21.7 Å². The molecule has 0 heterocycles. The molecule has 0 bridgehead atoms. The second-order valence-corrected chi connectivity index (χ2v) is 4.91. The van der Waals surface area contributed by atoms with E-state index in [1.54, 1.807) is 14.2 Å². The first-order valence-electron chi connectivity index (χ1n) is 5.62. The number of benzene rings is 1. The van der Waals surface area contributed by atoms with E-state index in [1.165, 1.54) is 0 Å². The van der Waals surface area contributed by atoms with Crippen LogP contribution in [-0.2, 0) is 4.79 Å². The van der Waals surface area contributed by atoms with Crippen molar-refractivity contribution in [2.75, 3.05) is 14.2 Å². The fraction of sp³-hybridized carbons (Fsp3) is 0.462. The Labute approximate surface area is 109 Å². The van der Waals surface area contributed by atoms with E-state index in [0.717, 1.165) is 28.6 Å². The number of carbonyl (C=O) groups is 1. The van der Waals surface area contributed by atoms with Crippen molar-refractivity contribution < 1.29 is 14.3 Å². The van der Waals surface area contributed by atoms with Crippen molar-refractivity contribution in [2.45, 2.75) is 25.2 Å². The quantitative estimate of drug-likeness (QED) is 0.859. The Morgan fingerprint density at radius 2 is 2.06 bits per heavy atom. The van der Waals surface area contributed by atoms with Gasteiger partial charge in [-0.1, -0.05) is 6.07 Å². The Hall–Kier alpha value is -1.03. The predicted octanol–water partition coefficient (Wildman–Crippen LogP) is 3.30. The Morgan fingerprint density at radius 3 is 2.59 bits per heavy atom. The lowest BCUT2D eigenvalue weighted by molar-refractivity contribution is -0.118. The number of methoxy groups -OCH3 is 2. The van der Waals surface area contributed by atoms with Gasteiger partial charge in [-0.3, -0.25) is 4.79 Å². The van der Waals surface area contributed by atoms with Gasteiger partial charge in [0.15, 0.2) is 0 Å². The third-order valence-corrected chi connectivity index (χ3v) is 3.95. The summed E-state index contributed by atoms with van der Waals surface area (Å²) in [6.07, 6.45) is 2.56. The Balaban J connectivity index is 2.47. The summed E-state index contributed by atoms with van der Waals surface area (Å²) in [5.74, 6) is 1.72. The number of hydrogen-bond acceptors (Lipinski definition) is 3. The zero-order valence-corrected chi connectivity index (χ0v) is 11.5. The fourth-order valence-corrected chi connectivity index (χ4v) is 3.02. The van der Waals surface area contributed by atoms with Crippen LogP contribution in [0.3, 0.4) is 0 Å². The number of carbonyl (C=O) groups excluding carboxylic acids is 1. The summed E-state index contributed by atoms with van der Waals surface area (Å²) in [7, 11) is 3.22. The van der Waals surface area contributed by atoms with Gasteiger partial charge in [-0.15, -0.1) is 0 Å². The van der Waals surface area contributed by atoms with Crippen LogP contribution < -0.4 is 9.47 Å². The molecule has 1 fully saturated rings. The first kappa shape index (κ1) is 12.4. The summed E-state index contributed by atoms with van der Waals surface area (Å²) >= 11 is 3.46. The van der Waals surface area contributed by atoms with Gasteiger partial charge in [0.05, 0.1) is 14.2 Å². The lowest BCUT2D eigenvalue weighted by Gasteiger charge is -2.16. The topological polar surface area (TPSA) is 35.5 Å². The molecule has 3 nitrogen and oxygen atoms in total. The highest BCUT2D eigenvalue weighted by molar-refractivity contribution is 9.10. The van der Waals surface area contributed by atoms with Gasteiger partial charge in [-0.2, -0.15) is 0 Å². The normalized spacial score (nSPS) is 19.5. The Morgan fingerprint density at radius 1 is 1.29 bits per heavy atom. The highest BCUT2D eigenvalue weighted by Gasteiger charge is 2.29. The lowest BCUT2D eigenvalue weighted by atomic mass is 9.95. The Bertz CT molecular complexity index is 443. The summed E-state index contributed by atoms with van der Waals surface area (Å²) in [4.78, 5) is 11.8. The molecule has 0 amide bonds.